The van der Waals surface area contributed by atoms with E-state index in [0.29, 0.717) is 30.2 Å². The van der Waals surface area contributed by atoms with Gasteiger partial charge in [0.2, 0.25) is 11.6 Å². The van der Waals surface area contributed by atoms with E-state index in [1.165, 1.54) is 6.08 Å². The highest BCUT2D eigenvalue weighted by Crippen LogP contribution is 2.34. The average Bonchev–Trinajstić information content (AvgIpc) is 3.14. The van der Waals surface area contributed by atoms with Crippen LogP contribution in [0.2, 0.25) is 0 Å². The standard InChI is InChI=1S/C24H26N4O3S/c1-3-6-21-27-14(2)24-16(25-13-26-32-21)12-28-17-8-5-4-7-15(17)11-18(28)22-20(31-24)10-9-19(29)23(22)30/h4-5,7-11,14,21,24,26-27H,3,6,12-13H2,1-2H3. The molecular weight excluding hydrogens is 424 g/mol. The first-order valence-electron chi connectivity index (χ1n) is 11.0. The number of nitrogens with one attached hydrogen (secondary N) is 2. The third-order valence-corrected chi connectivity index (χ3v) is 7.03. The number of carbonyl (C=O) groups is 2. The Labute approximate surface area is 191 Å². The molecule has 2 N–H and O–H groups in total. The molecule has 3 heterocycles. The minimum absolute atomic E-state index is 0.0454. The highest BCUT2D eigenvalue weighted by Gasteiger charge is 2.36. The zero-order valence-corrected chi connectivity index (χ0v) is 18.9. The number of fused-ring (bicyclic) bond motifs is 5. The maximum atomic E-state index is 13.0. The Morgan fingerprint density at radius 3 is 2.94 bits per heavy atom. The molecule has 166 valence electrons. The molecule has 0 spiro atoms. The lowest BCUT2D eigenvalue weighted by molar-refractivity contribution is -0.130. The molecule has 0 bridgehead atoms. The highest BCUT2D eigenvalue weighted by atomic mass is 32.2. The topological polar surface area (TPSA) is 84.7 Å². The summed E-state index contributed by atoms with van der Waals surface area (Å²) in [7, 11) is 0. The minimum atomic E-state index is -0.531. The number of ketones is 2. The molecule has 0 amide bonds. The van der Waals surface area contributed by atoms with E-state index in [1.54, 1.807) is 18.0 Å². The Kier molecular flexibility index (Phi) is 5.75. The average molecular weight is 451 g/mol. The van der Waals surface area contributed by atoms with E-state index < -0.39 is 11.6 Å². The molecule has 0 saturated heterocycles. The first-order valence-corrected chi connectivity index (χ1v) is 11.9. The number of carbonyl (C=O) groups excluding carboxylic acids is 2. The monoisotopic (exact) mass is 450 g/mol. The quantitative estimate of drug-likeness (QED) is 0.415. The lowest BCUT2D eigenvalue weighted by Gasteiger charge is -2.33. The van der Waals surface area contributed by atoms with Crippen LogP contribution in [0.25, 0.3) is 16.5 Å². The summed E-state index contributed by atoms with van der Waals surface area (Å²) in [5.41, 5.74) is 2.91. The fraction of sp³-hybridized carbons (Fsp3) is 0.375. The van der Waals surface area contributed by atoms with E-state index in [0.717, 1.165) is 29.5 Å². The molecule has 3 aliphatic rings. The SMILES string of the molecule is CCCC1NC(C)C2OC3=C(C(=O)C(=O)C=C3)c3cc4ccccc4n3CC2=NCNS1. The van der Waals surface area contributed by atoms with Crippen molar-refractivity contribution in [3.05, 3.63) is 53.9 Å². The second-order valence-corrected chi connectivity index (χ2v) is 9.37. The van der Waals surface area contributed by atoms with E-state index in [1.807, 2.05) is 30.3 Å². The number of hydrogen-bond acceptors (Lipinski definition) is 7. The van der Waals surface area contributed by atoms with Gasteiger partial charge in [0.25, 0.3) is 0 Å². The van der Waals surface area contributed by atoms with Crippen molar-refractivity contribution in [2.75, 3.05) is 6.67 Å². The maximum absolute atomic E-state index is 13.0. The number of nitrogens with zero attached hydrogens (tertiary/aromatic N) is 2. The molecule has 1 aromatic heterocycles. The summed E-state index contributed by atoms with van der Waals surface area (Å²) in [5, 5.41) is 4.90. The fourth-order valence-corrected chi connectivity index (χ4v) is 5.53. The molecule has 1 aromatic carbocycles. The van der Waals surface area contributed by atoms with Crippen LogP contribution in [-0.4, -0.2) is 46.0 Å². The molecule has 2 aromatic rings. The van der Waals surface area contributed by atoms with Gasteiger partial charge in [-0.05, 0) is 37.6 Å². The zero-order chi connectivity index (χ0) is 22.2. The molecule has 32 heavy (non-hydrogen) atoms. The minimum Gasteiger partial charge on any atom is -0.482 e. The van der Waals surface area contributed by atoms with Gasteiger partial charge < -0.3 is 9.30 Å². The number of hydrogen-bond donors (Lipinski definition) is 2. The first kappa shape index (κ1) is 21.2. The molecule has 3 unspecified atom stereocenters. The summed E-state index contributed by atoms with van der Waals surface area (Å²) in [4.78, 5) is 30.2. The Balaban J connectivity index is 1.67. The Hall–Kier alpha value is -2.68. The molecule has 2 aliphatic heterocycles. The smallest absolute Gasteiger partial charge is 0.238 e. The lowest BCUT2D eigenvalue weighted by Crippen LogP contribution is -2.48. The van der Waals surface area contributed by atoms with Gasteiger partial charge in [-0.25, -0.2) is 4.72 Å². The summed E-state index contributed by atoms with van der Waals surface area (Å²) in [6, 6.07) is 9.91. The number of para-hydroxylation sites is 1. The van der Waals surface area contributed by atoms with Gasteiger partial charge in [0.1, 0.15) is 5.76 Å². The van der Waals surface area contributed by atoms with Gasteiger partial charge in [0.05, 0.1) is 35.6 Å². The number of allylic oxidation sites excluding steroid dienone is 3. The van der Waals surface area contributed by atoms with Crippen molar-refractivity contribution < 1.29 is 14.3 Å². The van der Waals surface area contributed by atoms with Crippen molar-refractivity contribution in [2.45, 2.75) is 50.8 Å². The maximum Gasteiger partial charge on any atom is 0.238 e. The molecule has 0 radical (unpaired) electrons. The van der Waals surface area contributed by atoms with Crippen molar-refractivity contribution in [3.63, 3.8) is 0 Å². The largest absolute Gasteiger partial charge is 0.482 e. The van der Waals surface area contributed by atoms with Gasteiger partial charge in [-0.1, -0.05) is 43.5 Å². The number of benzene rings is 1. The third-order valence-electron chi connectivity index (χ3n) is 6.08. The van der Waals surface area contributed by atoms with E-state index >= 15 is 0 Å². The first-order chi connectivity index (χ1) is 15.6. The third kappa shape index (κ3) is 3.72. The van der Waals surface area contributed by atoms with Gasteiger partial charge >= 0.3 is 0 Å². The molecule has 0 fully saturated rings. The molecule has 3 atom stereocenters. The van der Waals surface area contributed by atoms with Crippen LogP contribution in [0.5, 0.6) is 0 Å². The second-order valence-electron chi connectivity index (χ2n) is 8.28. The Morgan fingerprint density at radius 2 is 2.09 bits per heavy atom. The van der Waals surface area contributed by atoms with Crippen LogP contribution in [0.1, 0.15) is 32.4 Å². The highest BCUT2D eigenvalue weighted by molar-refractivity contribution is 7.98. The second kappa shape index (κ2) is 8.69. The Bertz CT molecular complexity index is 1180. The summed E-state index contributed by atoms with van der Waals surface area (Å²) < 4.78 is 11.9. The number of aromatic nitrogens is 1. The summed E-state index contributed by atoms with van der Waals surface area (Å²) in [6.45, 7) is 5.21. The normalized spacial score (nSPS) is 26.1. The van der Waals surface area contributed by atoms with Gasteiger partial charge in [0.15, 0.2) is 6.10 Å². The van der Waals surface area contributed by atoms with E-state index in [4.69, 9.17) is 9.73 Å². The summed E-state index contributed by atoms with van der Waals surface area (Å²) >= 11 is 1.65. The van der Waals surface area contributed by atoms with Crippen LogP contribution < -0.4 is 10.0 Å². The summed E-state index contributed by atoms with van der Waals surface area (Å²) in [5.74, 6) is -0.629. The molecule has 8 heteroatoms. The molecule has 0 saturated carbocycles. The van der Waals surface area contributed by atoms with Crippen molar-refractivity contribution in [2.24, 2.45) is 4.99 Å². The lowest BCUT2D eigenvalue weighted by atomic mass is 9.96. The van der Waals surface area contributed by atoms with Crippen molar-refractivity contribution in [3.8, 4) is 0 Å². The predicted octanol–water partition coefficient (Wildman–Crippen LogP) is 3.21. The van der Waals surface area contributed by atoms with E-state index in [-0.39, 0.29) is 17.5 Å². The predicted molar refractivity (Wildman–Crippen MR) is 127 cm³/mol. The van der Waals surface area contributed by atoms with Crippen LogP contribution in [0, 0.1) is 0 Å². The van der Waals surface area contributed by atoms with Crippen LogP contribution in [-0.2, 0) is 20.9 Å². The van der Waals surface area contributed by atoms with Crippen LogP contribution in [0.15, 0.2) is 53.2 Å². The van der Waals surface area contributed by atoms with Crippen LogP contribution in [0.4, 0.5) is 0 Å². The number of Topliss-reactive ketones (excluding diaryl/α,β-unsaturated/α-hetero) is 1. The zero-order valence-electron chi connectivity index (χ0n) is 18.1. The molecule has 7 nitrogen and oxygen atoms in total. The molecule has 1 aliphatic carbocycles. The van der Waals surface area contributed by atoms with Crippen molar-refractivity contribution in [1.29, 1.82) is 0 Å². The number of ether oxygens (including phenoxy) is 1. The number of rotatable bonds is 2. The molecule has 5 rings (SSSR count). The van der Waals surface area contributed by atoms with E-state index in [9.17, 15) is 9.59 Å². The summed E-state index contributed by atoms with van der Waals surface area (Å²) in [6.07, 6.45) is 4.62. The van der Waals surface area contributed by atoms with Crippen LogP contribution >= 0.6 is 11.9 Å². The fourth-order valence-electron chi connectivity index (χ4n) is 4.55. The molecular formula is C24H26N4O3S. The van der Waals surface area contributed by atoms with Crippen LogP contribution in [0.3, 0.4) is 0 Å². The Morgan fingerprint density at radius 1 is 1.25 bits per heavy atom. The van der Waals surface area contributed by atoms with Gasteiger partial charge in [0, 0.05) is 16.9 Å². The van der Waals surface area contributed by atoms with Crippen molar-refractivity contribution >= 4 is 45.7 Å². The van der Waals surface area contributed by atoms with E-state index in [2.05, 4.69) is 28.5 Å². The van der Waals surface area contributed by atoms with Gasteiger partial charge in [-0.3, -0.25) is 19.9 Å². The van der Waals surface area contributed by atoms with Gasteiger partial charge in [-0.2, -0.15) is 0 Å². The number of aliphatic imine (C=N–C) groups is 1. The van der Waals surface area contributed by atoms with Crippen molar-refractivity contribution in [1.82, 2.24) is 14.6 Å². The van der Waals surface area contributed by atoms with Gasteiger partial charge in [-0.15, -0.1) is 0 Å².